The van der Waals surface area contributed by atoms with Crippen LogP contribution >= 0.6 is 22.6 Å². The number of rotatable bonds is 4. The highest BCUT2D eigenvalue weighted by Gasteiger charge is 2.35. The second-order valence-corrected chi connectivity index (χ2v) is 10.1. The minimum absolute atomic E-state index is 0.201. The van der Waals surface area contributed by atoms with E-state index in [4.69, 9.17) is 9.47 Å². The van der Waals surface area contributed by atoms with E-state index in [1.807, 2.05) is 39.0 Å². The van der Waals surface area contributed by atoms with Gasteiger partial charge >= 0.3 is 5.97 Å². The Kier molecular flexibility index (Phi) is 6.37. The number of alkyl halides is 1. The van der Waals surface area contributed by atoms with Crippen molar-refractivity contribution in [3.05, 3.63) is 59.2 Å². The van der Waals surface area contributed by atoms with Gasteiger partial charge in [-0.2, -0.15) is 0 Å². The summed E-state index contributed by atoms with van der Waals surface area (Å²) in [6, 6.07) is 14.6. The summed E-state index contributed by atoms with van der Waals surface area (Å²) >= 11 is 2.59. The third kappa shape index (κ3) is 4.37. The first-order valence-corrected chi connectivity index (χ1v) is 11.1. The molecule has 0 N–H and O–H groups in total. The maximum atomic E-state index is 12.3. The van der Waals surface area contributed by atoms with Crippen molar-refractivity contribution in [2.24, 2.45) is 11.3 Å². The minimum Gasteiger partial charge on any atom is -0.497 e. The van der Waals surface area contributed by atoms with E-state index in [1.54, 1.807) is 7.11 Å². The third-order valence-electron chi connectivity index (χ3n) is 5.53. The average Bonchev–Trinajstić information content (AvgIpc) is 2.66. The highest BCUT2D eigenvalue weighted by atomic mass is 127. The Bertz CT molecular complexity index is 836. The first-order valence-electron chi connectivity index (χ1n) is 9.87. The van der Waals surface area contributed by atoms with Crippen molar-refractivity contribution >= 4 is 28.6 Å². The van der Waals surface area contributed by atoms with Gasteiger partial charge in [-0.3, -0.25) is 4.79 Å². The molecule has 28 heavy (non-hydrogen) atoms. The number of carbonyl (C=O) groups excluding carboxylic acids is 1. The monoisotopic (exact) mass is 492 g/mol. The highest BCUT2D eigenvalue weighted by molar-refractivity contribution is 14.1. The van der Waals surface area contributed by atoms with E-state index >= 15 is 0 Å². The molecule has 0 fully saturated rings. The molecule has 0 bridgehead atoms. The molecule has 3 atom stereocenters. The van der Waals surface area contributed by atoms with E-state index in [0.717, 1.165) is 18.6 Å². The number of fused-ring (bicyclic) bond motifs is 1. The van der Waals surface area contributed by atoms with E-state index < -0.39 is 5.41 Å². The van der Waals surface area contributed by atoms with Gasteiger partial charge in [-0.1, -0.05) is 54.1 Å². The first-order chi connectivity index (χ1) is 13.2. The zero-order chi connectivity index (χ0) is 20.5. The number of halogens is 1. The first kappa shape index (κ1) is 21.2. The number of hydrogen-bond acceptors (Lipinski definition) is 3. The SMILES string of the molecule is CC[C@@H]1[C@@H](c2ccc(OC)cc2)c2ccc(OC(=O)C(C)(C)C)cc2C[C@H]1I. The zero-order valence-electron chi connectivity index (χ0n) is 17.3. The third-order valence-corrected chi connectivity index (χ3v) is 6.89. The van der Waals surface area contributed by atoms with Crippen LogP contribution in [0.1, 0.15) is 56.7 Å². The van der Waals surface area contributed by atoms with Gasteiger partial charge in [0.25, 0.3) is 0 Å². The summed E-state index contributed by atoms with van der Waals surface area (Å²) in [6.45, 7) is 7.90. The molecule has 0 aromatic heterocycles. The predicted octanol–water partition coefficient (Wildman–Crippen LogP) is 6.16. The van der Waals surface area contributed by atoms with E-state index in [9.17, 15) is 4.79 Å². The van der Waals surface area contributed by atoms with E-state index in [-0.39, 0.29) is 5.97 Å². The Morgan fingerprint density at radius 2 is 1.75 bits per heavy atom. The van der Waals surface area contributed by atoms with Gasteiger partial charge in [-0.25, -0.2) is 0 Å². The summed E-state index contributed by atoms with van der Waals surface area (Å²) in [6.07, 6.45) is 2.13. The van der Waals surface area contributed by atoms with Crippen molar-refractivity contribution in [3.63, 3.8) is 0 Å². The lowest BCUT2D eigenvalue weighted by atomic mass is 9.71. The van der Waals surface area contributed by atoms with Crippen LogP contribution in [-0.4, -0.2) is 17.0 Å². The number of methoxy groups -OCH3 is 1. The lowest BCUT2D eigenvalue weighted by molar-refractivity contribution is -0.143. The molecule has 0 saturated carbocycles. The number of benzene rings is 2. The van der Waals surface area contributed by atoms with Crippen LogP contribution in [0.4, 0.5) is 0 Å². The molecule has 0 saturated heterocycles. The van der Waals surface area contributed by atoms with E-state index in [1.165, 1.54) is 16.7 Å². The van der Waals surface area contributed by atoms with Crippen molar-refractivity contribution in [2.45, 2.75) is 50.4 Å². The zero-order valence-corrected chi connectivity index (χ0v) is 19.4. The molecular weight excluding hydrogens is 463 g/mol. The smallest absolute Gasteiger partial charge is 0.316 e. The van der Waals surface area contributed by atoms with Gasteiger partial charge in [0.2, 0.25) is 0 Å². The molecule has 4 heteroatoms. The molecule has 3 rings (SSSR count). The Labute approximate surface area is 182 Å². The van der Waals surface area contributed by atoms with E-state index in [0.29, 0.717) is 21.5 Å². The van der Waals surface area contributed by atoms with Crippen molar-refractivity contribution in [2.75, 3.05) is 7.11 Å². The topological polar surface area (TPSA) is 35.5 Å². The second kappa shape index (κ2) is 8.44. The van der Waals surface area contributed by atoms with Crippen molar-refractivity contribution in [1.29, 1.82) is 0 Å². The molecule has 0 radical (unpaired) electrons. The summed E-state index contributed by atoms with van der Waals surface area (Å²) in [5, 5.41) is 0. The van der Waals surface area contributed by atoms with Gasteiger partial charge in [0.15, 0.2) is 0 Å². The molecular formula is C24H29IO3. The summed E-state index contributed by atoms with van der Waals surface area (Å²) in [4.78, 5) is 12.3. The molecule has 150 valence electrons. The Balaban J connectivity index is 1.98. The predicted molar refractivity (Wildman–Crippen MR) is 122 cm³/mol. The molecule has 0 amide bonds. The van der Waals surface area contributed by atoms with Gasteiger partial charge in [-0.05, 0) is 74.1 Å². The maximum Gasteiger partial charge on any atom is 0.316 e. The molecule has 0 aliphatic heterocycles. The summed E-state index contributed by atoms with van der Waals surface area (Å²) < 4.78 is 11.5. The van der Waals surface area contributed by atoms with Crippen molar-refractivity contribution < 1.29 is 14.3 Å². The van der Waals surface area contributed by atoms with Crippen LogP contribution < -0.4 is 9.47 Å². The van der Waals surface area contributed by atoms with Gasteiger partial charge in [0, 0.05) is 9.84 Å². The molecule has 0 spiro atoms. The fourth-order valence-electron chi connectivity index (χ4n) is 3.92. The molecule has 2 aromatic rings. The van der Waals surface area contributed by atoms with Crippen LogP contribution in [-0.2, 0) is 11.2 Å². The van der Waals surface area contributed by atoms with Crippen LogP contribution in [0.2, 0.25) is 0 Å². The summed E-state index contributed by atoms with van der Waals surface area (Å²) in [7, 11) is 1.70. The molecule has 0 unspecified atom stereocenters. The largest absolute Gasteiger partial charge is 0.497 e. The fraction of sp³-hybridized carbons (Fsp3) is 0.458. The van der Waals surface area contributed by atoms with Crippen molar-refractivity contribution in [3.8, 4) is 11.5 Å². The maximum absolute atomic E-state index is 12.3. The Hall–Kier alpha value is -1.56. The summed E-state index contributed by atoms with van der Waals surface area (Å²) in [5.74, 6) is 2.24. The lowest BCUT2D eigenvalue weighted by Gasteiger charge is -2.37. The molecule has 2 aromatic carbocycles. The Morgan fingerprint density at radius 3 is 2.32 bits per heavy atom. The number of esters is 1. The van der Waals surface area contributed by atoms with Crippen LogP contribution in [0.5, 0.6) is 11.5 Å². The average molecular weight is 492 g/mol. The normalized spacial score (nSPS) is 21.7. The molecule has 3 nitrogen and oxygen atoms in total. The number of hydrogen-bond donors (Lipinski definition) is 0. The van der Waals surface area contributed by atoms with Crippen molar-refractivity contribution in [1.82, 2.24) is 0 Å². The van der Waals surface area contributed by atoms with Gasteiger partial charge < -0.3 is 9.47 Å². The number of ether oxygens (including phenoxy) is 2. The van der Waals surface area contributed by atoms with Gasteiger partial charge in [0.1, 0.15) is 11.5 Å². The Morgan fingerprint density at radius 1 is 1.11 bits per heavy atom. The summed E-state index contributed by atoms with van der Waals surface area (Å²) in [5.41, 5.74) is 3.43. The molecule has 0 heterocycles. The fourth-order valence-corrected chi connectivity index (χ4v) is 5.31. The van der Waals surface area contributed by atoms with Crippen LogP contribution in [0, 0.1) is 11.3 Å². The quantitative estimate of drug-likeness (QED) is 0.222. The van der Waals surface area contributed by atoms with Gasteiger partial charge in [-0.15, -0.1) is 0 Å². The van der Waals surface area contributed by atoms with Gasteiger partial charge in [0.05, 0.1) is 12.5 Å². The van der Waals surface area contributed by atoms with Crippen LogP contribution in [0.3, 0.4) is 0 Å². The second-order valence-electron chi connectivity index (χ2n) is 8.54. The minimum atomic E-state index is -0.513. The standard InChI is InChI=1S/C24H29IO3/c1-6-19-21(25)14-16-13-18(28-23(26)24(2,3)4)11-12-20(16)22(19)15-7-9-17(27-5)10-8-15/h7-13,19,21-22H,6,14H2,1-5H3/t19-,21+,22+/m0/s1. The number of carbonyl (C=O) groups is 1. The highest BCUT2D eigenvalue weighted by Crippen LogP contribution is 2.46. The molecule has 1 aliphatic rings. The molecule has 1 aliphatic carbocycles. The van der Waals surface area contributed by atoms with Crippen LogP contribution in [0.15, 0.2) is 42.5 Å². The lowest BCUT2D eigenvalue weighted by Crippen LogP contribution is -2.30. The van der Waals surface area contributed by atoms with E-state index in [2.05, 4.69) is 53.8 Å². The van der Waals surface area contributed by atoms with Crippen LogP contribution in [0.25, 0.3) is 0 Å².